The summed E-state index contributed by atoms with van der Waals surface area (Å²) in [6, 6.07) is 10.4. The predicted molar refractivity (Wildman–Crippen MR) is 72.1 cm³/mol. The first kappa shape index (κ1) is 12.3. The van der Waals surface area contributed by atoms with Crippen LogP contribution in [0.15, 0.2) is 53.3 Å². The molecule has 3 N–H and O–H groups in total. The maximum atomic E-state index is 11.9. The summed E-state index contributed by atoms with van der Waals surface area (Å²) >= 11 is 4.99. The van der Waals surface area contributed by atoms with Gasteiger partial charge in [-0.1, -0.05) is 42.5 Å². The second kappa shape index (κ2) is 5.46. The lowest BCUT2D eigenvalue weighted by Gasteiger charge is -2.17. The summed E-state index contributed by atoms with van der Waals surface area (Å²) in [7, 11) is 0. The highest BCUT2D eigenvalue weighted by atomic mass is 32.1. The van der Waals surface area contributed by atoms with Gasteiger partial charge in [-0.2, -0.15) is 0 Å². The van der Waals surface area contributed by atoms with Crippen molar-refractivity contribution in [2.24, 2.45) is 5.73 Å². The summed E-state index contributed by atoms with van der Waals surface area (Å²) in [5.74, 6) is -0.273. The van der Waals surface area contributed by atoms with Crippen LogP contribution in [0.4, 0.5) is 0 Å². The summed E-state index contributed by atoms with van der Waals surface area (Å²) in [6.45, 7) is 0. The van der Waals surface area contributed by atoms with E-state index in [0.717, 1.165) is 5.56 Å². The fourth-order valence-electron chi connectivity index (χ4n) is 1.57. The van der Waals surface area contributed by atoms with Gasteiger partial charge in [0.05, 0.1) is 11.8 Å². The van der Waals surface area contributed by atoms with Gasteiger partial charge in [0.2, 0.25) is 0 Å². The third kappa shape index (κ3) is 2.75. The molecule has 2 aromatic rings. The highest BCUT2D eigenvalue weighted by Crippen LogP contribution is 2.14. The Morgan fingerprint density at radius 1 is 1.28 bits per heavy atom. The van der Waals surface area contributed by atoms with Crippen molar-refractivity contribution >= 4 is 23.1 Å². The molecule has 1 unspecified atom stereocenters. The number of carbonyl (C=O) groups excluding carboxylic acids is 1. The maximum absolute atomic E-state index is 11.9. The molecule has 0 fully saturated rings. The SMILES string of the molecule is NC(=S)C(NC(=O)c1ccoc1)c1ccccc1. The van der Waals surface area contributed by atoms with E-state index in [0.29, 0.717) is 5.56 Å². The molecule has 1 heterocycles. The van der Waals surface area contributed by atoms with E-state index in [2.05, 4.69) is 5.32 Å². The van der Waals surface area contributed by atoms with Crippen molar-refractivity contribution in [1.29, 1.82) is 0 Å². The van der Waals surface area contributed by atoms with Crippen molar-refractivity contribution in [3.63, 3.8) is 0 Å². The lowest BCUT2D eigenvalue weighted by Crippen LogP contribution is -2.36. The second-order valence-electron chi connectivity index (χ2n) is 3.73. The molecule has 0 spiro atoms. The van der Waals surface area contributed by atoms with Crippen LogP contribution in [-0.2, 0) is 0 Å². The van der Waals surface area contributed by atoms with E-state index in [4.69, 9.17) is 22.4 Å². The van der Waals surface area contributed by atoms with Crippen molar-refractivity contribution in [2.45, 2.75) is 6.04 Å². The summed E-state index contributed by atoms with van der Waals surface area (Å²) in [6.07, 6.45) is 2.81. The van der Waals surface area contributed by atoms with Crippen molar-refractivity contribution in [1.82, 2.24) is 5.32 Å². The molecule has 92 valence electrons. The average molecular weight is 260 g/mol. The molecule has 1 amide bonds. The Labute approximate surface area is 110 Å². The van der Waals surface area contributed by atoms with E-state index in [1.165, 1.54) is 12.5 Å². The van der Waals surface area contributed by atoms with Crippen LogP contribution < -0.4 is 11.1 Å². The third-order valence-electron chi connectivity index (χ3n) is 2.48. The second-order valence-corrected chi connectivity index (χ2v) is 4.20. The van der Waals surface area contributed by atoms with Crippen LogP contribution in [0.3, 0.4) is 0 Å². The average Bonchev–Trinajstić information content (AvgIpc) is 2.90. The Kier molecular flexibility index (Phi) is 3.74. The first-order valence-corrected chi connectivity index (χ1v) is 5.76. The third-order valence-corrected chi connectivity index (χ3v) is 2.71. The minimum atomic E-state index is -0.483. The number of nitrogens with two attached hydrogens (primary N) is 1. The van der Waals surface area contributed by atoms with Crippen LogP contribution in [0.5, 0.6) is 0 Å². The van der Waals surface area contributed by atoms with E-state index in [-0.39, 0.29) is 10.9 Å². The number of benzene rings is 1. The van der Waals surface area contributed by atoms with Gasteiger partial charge in [-0.25, -0.2) is 0 Å². The molecule has 0 bridgehead atoms. The van der Waals surface area contributed by atoms with Gasteiger partial charge >= 0.3 is 0 Å². The van der Waals surface area contributed by atoms with E-state index in [1.54, 1.807) is 6.07 Å². The number of hydrogen-bond acceptors (Lipinski definition) is 3. The van der Waals surface area contributed by atoms with Gasteiger partial charge in [0.15, 0.2) is 0 Å². The molecular formula is C13H12N2O2S. The molecule has 18 heavy (non-hydrogen) atoms. The van der Waals surface area contributed by atoms with Gasteiger partial charge in [0.1, 0.15) is 17.3 Å². The fourth-order valence-corrected chi connectivity index (χ4v) is 1.77. The molecule has 5 heteroatoms. The topological polar surface area (TPSA) is 68.3 Å². The Balaban J connectivity index is 2.18. The number of nitrogens with one attached hydrogen (secondary N) is 1. The quantitative estimate of drug-likeness (QED) is 0.825. The number of rotatable bonds is 4. The zero-order valence-corrected chi connectivity index (χ0v) is 10.3. The summed E-state index contributed by atoms with van der Waals surface area (Å²) < 4.78 is 4.86. The maximum Gasteiger partial charge on any atom is 0.255 e. The van der Waals surface area contributed by atoms with E-state index in [1.807, 2.05) is 30.3 Å². The van der Waals surface area contributed by atoms with E-state index < -0.39 is 6.04 Å². The molecule has 4 nitrogen and oxygen atoms in total. The number of carbonyl (C=O) groups is 1. The Morgan fingerprint density at radius 2 is 2.00 bits per heavy atom. The Morgan fingerprint density at radius 3 is 2.56 bits per heavy atom. The standard InChI is InChI=1S/C13H12N2O2S/c14-12(18)11(9-4-2-1-3-5-9)15-13(16)10-6-7-17-8-10/h1-8,11H,(H2,14,18)(H,15,16). The number of furan rings is 1. The molecule has 0 radical (unpaired) electrons. The van der Waals surface area contributed by atoms with Crippen LogP contribution in [0.1, 0.15) is 22.0 Å². The normalized spacial score (nSPS) is 11.8. The predicted octanol–water partition coefficient (Wildman–Crippen LogP) is 2.04. The van der Waals surface area contributed by atoms with Crippen LogP contribution >= 0.6 is 12.2 Å². The smallest absolute Gasteiger partial charge is 0.255 e. The minimum absolute atomic E-state index is 0.220. The minimum Gasteiger partial charge on any atom is -0.472 e. The van der Waals surface area contributed by atoms with Crippen LogP contribution in [0, 0.1) is 0 Å². The zero-order valence-electron chi connectivity index (χ0n) is 9.50. The molecule has 1 aromatic heterocycles. The van der Waals surface area contributed by atoms with Crippen molar-refractivity contribution in [3.05, 3.63) is 60.1 Å². The van der Waals surface area contributed by atoms with Crippen molar-refractivity contribution in [2.75, 3.05) is 0 Å². The van der Waals surface area contributed by atoms with Crippen LogP contribution in [-0.4, -0.2) is 10.9 Å². The van der Waals surface area contributed by atoms with Gasteiger partial charge < -0.3 is 15.5 Å². The fraction of sp³-hybridized carbons (Fsp3) is 0.0769. The molecule has 0 aliphatic rings. The molecule has 0 saturated carbocycles. The van der Waals surface area contributed by atoms with Gasteiger partial charge in [0.25, 0.3) is 5.91 Å². The first-order chi connectivity index (χ1) is 8.68. The van der Waals surface area contributed by atoms with Crippen molar-refractivity contribution < 1.29 is 9.21 Å². The first-order valence-electron chi connectivity index (χ1n) is 5.36. The number of thiocarbonyl (C=S) groups is 1. The Bertz CT molecular complexity index is 537. The molecule has 0 aliphatic carbocycles. The highest BCUT2D eigenvalue weighted by molar-refractivity contribution is 7.80. The lowest BCUT2D eigenvalue weighted by atomic mass is 10.1. The number of amides is 1. The molecule has 1 aromatic carbocycles. The summed E-state index contributed by atoms with van der Waals surface area (Å²) in [5.41, 5.74) is 6.95. The number of hydrogen-bond donors (Lipinski definition) is 2. The Hall–Kier alpha value is -2.14. The highest BCUT2D eigenvalue weighted by Gasteiger charge is 2.18. The summed E-state index contributed by atoms with van der Waals surface area (Å²) in [4.78, 5) is 12.1. The van der Waals surface area contributed by atoms with Gasteiger partial charge in [-0.15, -0.1) is 0 Å². The zero-order chi connectivity index (χ0) is 13.0. The monoisotopic (exact) mass is 260 g/mol. The van der Waals surface area contributed by atoms with Gasteiger partial charge in [0, 0.05) is 0 Å². The molecule has 0 saturated heterocycles. The molecule has 2 rings (SSSR count). The van der Waals surface area contributed by atoms with Crippen LogP contribution in [0.2, 0.25) is 0 Å². The van der Waals surface area contributed by atoms with E-state index in [9.17, 15) is 4.79 Å². The molecular weight excluding hydrogens is 248 g/mol. The van der Waals surface area contributed by atoms with Gasteiger partial charge in [-0.3, -0.25) is 4.79 Å². The van der Waals surface area contributed by atoms with Crippen molar-refractivity contribution in [3.8, 4) is 0 Å². The largest absolute Gasteiger partial charge is 0.472 e. The molecule has 1 atom stereocenters. The lowest BCUT2D eigenvalue weighted by molar-refractivity contribution is 0.0946. The molecule has 0 aliphatic heterocycles. The summed E-state index contributed by atoms with van der Waals surface area (Å²) in [5, 5.41) is 2.77. The van der Waals surface area contributed by atoms with Crippen LogP contribution in [0.25, 0.3) is 0 Å². The van der Waals surface area contributed by atoms with Gasteiger partial charge in [-0.05, 0) is 11.6 Å². The van der Waals surface area contributed by atoms with E-state index >= 15 is 0 Å².